The third kappa shape index (κ3) is 4.71. The zero-order chi connectivity index (χ0) is 30.9. The Morgan fingerprint density at radius 3 is 1.64 bits per heavy atom. The Morgan fingerprint density at radius 2 is 1.02 bits per heavy atom. The van der Waals surface area contributed by atoms with Crippen molar-refractivity contribution in [2.45, 2.75) is 40.0 Å². The first-order valence-electron chi connectivity index (χ1n) is 15.9. The van der Waals surface area contributed by atoms with Crippen molar-refractivity contribution in [2.24, 2.45) is 0 Å². The van der Waals surface area contributed by atoms with Gasteiger partial charge >= 0.3 is 0 Å². The van der Waals surface area contributed by atoms with E-state index in [2.05, 4.69) is 173 Å². The van der Waals surface area contributed by atoms with Gasteiger partial charge < -0.3 is 4.90 Å². The lowest BCUT2D eigenvalue weighted by molar-refractivity contribution is 0.590. The monoisotopic (exact) mass is 579 g/mol. The van der Waals surface area contributed by atoms with E-state index in [1.54, 1.807) is 0 Å². The van der Waals surface area contributed by atoms with Gasteiger partial charge in [0.15, 0.2) is 0 Å². The minimum atomic E-state index is 0.158. The average Bonchev–Trinajstić information content (AvgIpc) is 3.04. The van der Waals surface area contributed by atoms with Gasteiger partial charge in [0.2, 0.25) is 0 Å². The summed E-state index contributed by atoms with van der Waals surface area (Å²) in [7, 11) is 0. The highest BCUT2D eigenvalue weighted by atomic mass is 15.1. The van der Waals surface area contributed by atoms with Crippen LogP contribution in [0.3, 0.4) is 0 Å². The molecule has 0 amide bonds. The van der Waals surface area contributed by atoms with Crippen LogP contribution < -0.4 is 4.90 Å². The lowest BCUT2D eigenvalue weighted by Gasteiger charge is -2.29. The molecule has 7 aromatic carbocycles. The van der Waals surface area contributed by atoms with E-state index in [9.17, 15) is 0 Å². The molecule has 1 aliphatic carbocycles. The Labute approximate surface area is 266 Å². The highest BCUT2D eigenvalue weighted by Gasteiger charge is 2.24. The first-order valence-corrected chi connectivity index (χ1v) is 15.9. The van der Waals surface area contributed by atoms with Gasteiger partial charge in [0.05, 0.1) is 0 Å². The zero-order valence-corrected chi connectivity index (χ0v) is 26.6. The molecule has 0 fully saturated rings. The largest absolute Gasteiger partial charge is 0.310 e. The van der Waals surface area contributed by atoms with Gasteiger partial charge in [-0.2, -0.15) is 0 Å². The number of aryl methyl sites for hydroxylation is 2. The van der Waals surface area contributed by atoms with Crippen molar-refractivity contribution in [1.29, 1.82) is 0 Å². The van der Waals surface area contributed by atoms with E-state index in [4.69, 9.17) is 0 Å². The molecule has 218 valence electrons. The molecule has 0 radical (unpaired) electrons. The molecule has 8 rings (SSSR count). The molecule has 0 aromatic heterocycles. The number of para-hydroxylation sites is 1. The van der Waals surface area contributed by atoms with Crippen molar-refractivity contribution < 1.29 is 0 Å². The van der Waals surface area contributed by atoms with E-state index in [0.717, 1.165) is 5.69 Å². The van der Waals surface area contributed by atoms with E-state index >= 15 is 0 Å². The normalized spacial score (nSPS) is 12.1. The maximum Gasteiger partial charge on any atom is 0.0490 e. The fourth-order valence-corrected chi connectivity index (χ4v) is 6.95. The fraction of sp³-hybridized carbons (Fsp3) is 0.136. The first kappa shape index (κ1) is 27.4. The van der Waals surface area contributed by atoms with E-state index in [-0.39, 0.29) is 5.41 Å². The highest BCUT2D eigenvalue weighted by molar-refractivity contribution is 6.12. The Bertz CT molecular complexity index is 2250. The number of anilines is 3. The summed E-state index contributed by atoms with van der Waals surface area (Å²) in [5.41, 5.74) is 15.5. The van der Waals surface area contributed by atoms with Crippen molar-refractivity contribution in [2.75, 3.05) is 4.90 Å². The molecule has 45 heavy (non-hydrogen) atoms. The van der Waals surface area contributed by atoms with E-state index in [1.807, 2.05) is 0 Å². The lowest BCUT2D eigenvalue weighted by atomic mass is 9.77. The van der Waals surface area contributed by atoms with Crippen LogP contribution in [0.5, 0.6) is 0 Å². The highest BCUT2D eigenvalue weighted by Crippen LogP contribution is 2.51. The summed E-state index contributed by atoms with van der Waals surface area (Å²) in [6.07, 6.45) is 0. The molecular formula is C44H37N. The molecule has 1 aliphatic rings. The molecule has 1 nitrogen and oxygen atoms in total. The number of hydrogen-bond acceptors (Lipinski definition) is 1. The Balaban J connectivity index is 1.17. The van der Waals surface area contributed by atoms with Crippen molar-refractivity contribution in [1.82, 2.24) is 0 Å². The predicted octanol–water partition coefficient (Wildman–Crippen LogP) is 12.7. The summed E-state index contributed by atoms with van der Waals surface area (Å²) in [5, 5.41) is 5.11. The molecular weight excluding hydrogens is 542 g/mol. The molecule has 0 bridgehead atoms. The van der Waals surface area contributed by atoms with Gasteiger partial charge in [0, 0.05) is 17.1 Å². The maximum absolute atomic E-state index is 2.39. The molecule has 0 aliphatic heterocycles. The van der Waals surface area contributed by atoms with Gasteiger partial charge in [-0.05, 0) is 146 Å². The molecule has 0 atom stereocenters. The summed E-state index contributed by atoms with van der Waals surface area (Å²) in [5.74, 6) is 0. The van der Waals surface area contributed by atoms with Crippen molar-refractivity contribution >= 4 is 38.6 Å². The number of fused-ring (bicyclic) bond motifs is 6. The van der Waals surface area contributed by atoms with Crippen LogP contribution in [0, 0.1) is 13.8 Å². The standard InChI is InChI=1S/C44H37N/c1-28-11-20-43(29(2)21-28)45(37-9-7-6-8-10-37)38-19-16-33-25-40-41-26-34-22-31(30-14-17-36(18-15-30)44(3,4)5)12-13-32(34)24-39(41)42(40)27-35(33)23-38/h6-27H,1-5H3. The minimum Gasteiger partial charge on any atom is -0.310 e. The van der Waals surface area contributed by atoms with Gasteiger partial charge in [0.1, 0.15) is 0 Å². The van der Waals surface area contributed by atoms with E-state index in [1.165, 1.54) is 83.0 Å². The maximum atomic E-state index is 2.39. The Hall–Kier alpha value is -5.14. The third-order valence-electron chi connectivity index (χ3n) is 9.47. The molecule has 0 unspecified atom stereocenters. The van der Waals surface area contributed by atoms with Crippen LogP contribution in [0.25, 0.3) is 54.9 Å². The smallest absolute Gasteiger partial charge is 0.0490 e. The van der Waals surface area contributed by atoms with Crippen molar-refractivity contribution in [3.8, 4) is 33.4 Å². The average molecular weight is 580 g/mol. The number of hydrogen-bond donors (Lipinski definition) is 0. The van der Waals surface area contributed by atoms with Crippen molar-refractivity contribution in [3.05, 3.63) is 150 Å². The quantitative estimate of drug-likeness (QED) is 0.200. The summed E-state index contributed by atoms with van der Waals surface area (Å²) in [4.78, 5) is 2.38. The van der Waals surface area contributed by atoms with Crippen molar-refractivity contribution in [3.63, 3.8) is 0 Å². The van der Waals surface area contributed by atoms with Gasteiger partial charge in [-0.1, -0.05) is 99.1 Å². The second-order valence-electron chi connectivity index (χ2n) is 13.7. The van der Waals surface area contributed by atoms with Gasteiger partial charge in [-0.25, -0.2) is 0 Å². The van der Waals surface area contributed by atoms with Crippen LogP contribution in [-0.2, 0) is 5.41 Å². The summed E-state index contributed by atoms with van der Waals surface area (Å²) < 4.78 is 0. The van der Waals surface area contributed by atoms with Crippen LogP contribution in [0.15, 0.2) is 133 Å². The van der Waals surface area contributed by atoms with Crippen LogP contribution in [-0.4, -0.2) is 0 Å². The van der Waals surface area contributed by atoms with Gasteiger partial charge in [0.25, 0.3) is 0 Å². The lowest BCUT2D eigenvalue weighted by Crippen LogP contribution is -2.11. The molecule has 0 spiro atoms. The summed E-state index contributed by atoms with van der Waals surface area (Å²) in [6.45, 7) is 11.2. The molecule has 1 heteroatoms. The number of nitrogens with zero attached hydrogens (tertiary/aromatic N) is 1. The number of benzene rings is 7. The van der Waals surface area contributed by atoms with Gasteiger partial charge in [-0.3, -0.25) is 0 Å². The topological polar surface area (TPSA) is 3.24 Å². The fourth-order valence-electron chi connectivity index (χ4n) is 6.95. The second kappa shape index (κ2) is 10.2. The van der Waals surface area contributed by atoms with Crippen LogP contribution in [0.2, 0.25) is 0 Å². The second-order valence-corrected chi connectivity index (χ2v) is 13.7. The molecule has 0 saturated carbocycles. The van der Waals surface area contributed by atoms with E-state index in [0.29, 0.717) is 0 Å². The van der Waals surface area contributed by atoms with Crippen LogP contribution >= 0.6 is 0 Å². The molecule has 0 N–H and O–H groups in total. The summed E-state index contributed by atoms with van der Waals surface area (Å²) in [6, 6.07) is 49.8. The summed E-state index contributed by atoms with van der Waals surface area (Å²) >= 11 is 0. The SMILES string of the molecule is Cc1ccc(N(c2ccccc2)c2ccc3cc4c(cc3c2)-c2cc3ccc(-c5ccc(C(C)(C)C)cc5)cc3cc2-4)c(C)c1. The zero-order valence-electron chi connectivity index (χ0n) is 26.6. The third-order valence-corrected chi connectivity index (χ3v) is 9.47. The predicted molar refractivity (Wildman–Crippen MR) is 194 cm³/mol. The van der Waals surface area contributed by atoms with Gasteiger partial charge in [-0.15, -0.1) is 0 Å². The Morgan fingerprint density at radius 1 is 0.444 bits per heavy atom. The van der Waals surface area contributed by atoms with Crippen LogP contribution in [0.1, 0.15) is 37.5 Å². The molecule has 7 aromatic rings. The minimum absolute atomic E-state index is 0.158. The van der Waals surface area contributed by atoms with E-state index < -0.39 is 0 Å². The first-order chi connectivity index (χ1) is 21.7. The van der Waals surface area contributed by atoms with Crippen LogP contribution in [0.4, 0.5) is 17.1 Å². The Kier molecular flexibility index (Phi) is 6.22. The molecule has 0 heterocycles. The number of rotatable bonds is 4. The molecule has 0 saturated heterocycles.